The Morgan fingerprint density at radius 3 is 2.83 bits per heavy atom. The summed E-state index contributed by atoms with van der Waals surface area (Å²) in [6.07, 6.45) is 1.46. The molecule has 0 unspecified atom stereocenters. The van der Waals surface area contributed by atoms with Gasteiger partial charge in [0.25, 0.3) is 11.6 Å². The van der Waals surface area contributed by atoms with Gasteiger partial charge < -0.3 is 4.74 Å². The second-order valence-electron chi connectivity index (χ2n) is 4.48. The number of hydrogen-bond donors (Lipinski definition) is 1. The normalized spacial score (nSPS) is 10.5. The molecule has 7 nitrogen and oxygen atoms in total. The van der Waals surface area contributed by atoms with E-state index in [1.165, 1.54) is 30.5 Å². The van der Waals surface area contributed by atoms with Crippen molar-refractivity contribution >= 4 is 17.8 Å². The van der Waals surface area contributed by atoms with E-state index in [0.29, 0.717) is 17.9 Å². The van der Waals surface area contributed by atoms with Crippen LogP contribution >= 0.6 is 0 Å². The van der Waals surface area contributed by atoms with Crippen molar-refractivity contribution in [2.24, 2.45) is 5.10 Å². The number of nitro groups is 1. The lowest BCUT2D eigenvalue weighted by molar-refractivity contribution is -0.384. The molecule has 0 heterocycles. The molecule has 0 aliphatic carbocycles. The number of hydrogen-bond acceptors (Lipinski definition) is 5. The Balaban J connectivity index is 2.07. The molecule has 0 fully saturated rings. The molecule has 2 aromatic rings. The Labute approximate surface area is 132 Å². The number of amides is 1. The van der Waals surface area contributed by atoms with Gasteiger partial charge >= 0.3 is 0 Å². The molecule has 0 bridgehead atoms. The van der Waals surface area contributed by atoms with Gasteiger partial charge in [-0.1, -0.05) is 18.2 Å². The Kier molecular flexibility index (Phi) is 5.40. The number of ether oxygens (including phenoxy) is 1. The largest absolute Gasteiger partial charge is 0.493 e. The molecule has 0 spiro atoms. The molecule has 23 heavy (non-hydrogen) atoms. The van der Waals surface area contributed by atoms with Crippen molar-refractivity contribution in [2.75, 3.05) is 6.61 Å². The molecule has 2 aromatic carbocycles. The number of rotatable bonds is 6. The zero-order valence-corrected chi connectivity index (χ0v) is 12.4. The van der Waals surface area contributed by atoms with Crippen molar-refractivity contribution in [1.29, 1.82) is 0 Å². The number of para-hydroxylation sites is 1. The number of carbonyl (C=O) groups excluding carboxylic acids is 1. The van der Waals surface area contributed by atoms with Crippen molar-refractivity contribution in [3.63, 3.8) is 0 Å². The van der Waals surface area contributed by atoms with Crippen LogP contribution < -0.4 is 10.2 Å². The zero-order valence-electron chi connectivity index (χ0n) is 12.4. The molecule has 0 saturated carbocycles. The number of carbonyl (C=O) groups is 1. The molecule has 0 aliphatic rings. The molecule has 2 rings (SSSR count). The third kappa shape index (κ3) is 4.37. The third-order valence-corrected chi connectivity index (χ3v) is 2.91. The van der Waals surface area contributed by atoms with Crippen LogP contribution in [0.1, 0.15) is 22.8 Å². The zero-order chi connectivity index (χ0) is 16.7. The maximum absolute atomic E-state index is 11.9. The van der Waals surface area contributed by atoms with Crippen molar-refractivity contribution in [3.05, 3.63) is 69.8 Å². The molecule has 1 N–H and O–H groups in total. The van der Waals surface area contributed by atoms with E-state index in [9.17, 15) is 14.9 Å². The summed E-state index contributed by atoms with van der Waals surface area (Å²) >= 11 is 0. The van der Waals surface area contributed by atoms with E-state index < -0.39 is 10.8 Å². The first kappa shape index (κ1) is 16.2. The summed E-state index contributed by atoms with van der Waals surface area (Å²) in [7, 11) is 0. The summed E-state index contributed by atoms with van der Waals surface area (Å²) in [6, 6.07) is 12.7. The maximum Gasteiger partial charge on any atom is 0.271 e. The molecule has 118 valence electrons. The molecule has 7 heteroatoms. The van der Waals surface area contributed by atoms with Gasteiger partial charge in [0.2, 0.25) is 0 Å². The highest BCUT2D eigenvalue weighted by Crippen LogP contribution is 2.15. The summed E-state index contributed by atoms with van der Waals surface area (Å²) in [5.74, 6) is 0.127. The molecule has 0 radical (unpaired) electrons. The molecule has 0 saturated heterocycles. The minimum Gasteiger partial charge on any atom is -0.493 e. The van der Waals surface area contributed by atoms with Crippen LogP contribution in [0.4, 0.5) is 5.69 Å². The minimum atomic E-state index is -0.557. The van der Waals surface area contributed by atoms with Gasteiger partial charge in [0.15, 0.2) is 0 Å². The summed E-state index contributed by atoms with van der Waals surface area (Å²) in [6.45, 7) is 2.39. The van der Waals surface area contributed by atoms with Crippen LogP contribution in [0.25, 0.3) is 0 Å². The number of nitrogens with one attached hydrogen (secondary N) is 1. The van der Waals surface area contributed by atoms with Crippen molar-refractivity contribution in [2.45, 2.75) is 6.92 Å². The fourth-order valence-electron chi connectivity index (χ4n) is 1.86. The fourth-order valence-corrected chi connectivity index (χ4v) is 1.86. The van der Waals surface area contributed by atoms with Gasteiger partial charge in [0, 0.05) is 23.3 Å². The maximum atomic E-state index is 11.9. The lowest BCUT2D eigenvalue weighted by atomic mass is 10.2. The topological polar surface area (TPSA) is 93.8 Å². The van der Waals surface area contributed by atoms with Gasteiger partial charge in [-0.3, -0.25) is 14.9 Å². The van der Waals surface area contributed by atoms with Gasteiger partial charge in [-0.15, -0.1) is 0 Å². The monoisotopic (exact) mass is 313 g/mol. The van der Waals surface area contributed by atoms with Crippen LogP contribution in [0.15, 0.2) is 53.6 Å². The molecular formula is C16H15N3O4. The number of benzene rings is 2. The summed E-state index contributed by atoms with van der Waals surface area (Å²) in [5, 5.41) is 14.6. The van der Waals surface area contributed by atoms with Crippen LogP contribution in [0.2, 0.25) is 0 Å². The molecular weight excluding hydrogens is 298 g/mol. The van der Waals surface area contributed by atoms with E-state index in [4.69, 9.17) is 4.74 Å². The van der Waals surface area contributed by atoms with Gasteiger partial charge in [-0.25, -0.2) is 5.43 Å². The van der Waals surface area contributed by atoms with Crippen molar-refractivity contribution < 1.29 is 14.5 Å². The lowest BCUT2D eigenvalue weighted by Crippen LogP contribution is -2.17. The van der Waals surface area contributed by atoms with E-state index in [0.717, 1.165) is 0 Å². The molecule has 0 atom stereocenters. The van der Waals surface area contributed by atoms with E-state index >= 15 is 0 Å². The molecule has 0 aliphatic heterocycles. The number of hydrazone groups is 1. The first-order valence-corrected chi connectivity index (χ1v) is 6.91. The average molecular weight is 313 g/mol. The van der Waals surface area contributed by atoms with Crippen LogP contribution in [-0.4, -0.2) is 23.7 Å². The lowest BCUT2D eigenvalue weighted by Gasteiger charge is -2.05. The first-order valence-electron chi connectivity index (χ1n) is 6.91. The Morgan fingerprint density at radius 1 is 1.30 bits per heavy atom. The first-order chi connectivity index (χ1) is 11.1. The highest BCUT2D eigenvalue weighted by Gasteiger charge is 2.10. The smallest absolute Gasteiger partial charge is 0.271 e. The van der Waals surface area contributed by atoms with Gasteiger partial charge in [0.05, 0.1) is 17.7 Å². The predicted molar refractivity (Wildman–Crippen MR) is 85.8 cm³/mol. The number of nitro benzene ring substituents is 1. The fraction of sp³-hybridized carbons (Fsp3) is 0.125. The summed E-state index contributed by atoms with van der Waals surface area (Å²) < 4.78 is 5.44. The van der Waals surface area contributed by atoms with Crippen LogP contribution in [0.5, 0.6) is 5.75 Å². The standard InChI is InChI=1S/C16H15N3O4/c1-2-23-15-9-4-3-6-13(15)11-17-18-16(20)12-7-5-8-14(10-12)19(21)22/h3-11H,2H2,1H3,(H,18,20)/b17-11-. The van der Waals surface area contributed by atoms with Gasteiger partial charge in [-0.2, -0.15) is 5.10 Å². The highest BCUT2D eigenvalue weighted by molar-refractivity contribution is 5.95. The number of non-ortho nitro benzene ring substituents is 1. The van der Waals surface area contributed by atoms with E-state index in [-0.39, 0.29) is 11.3 Å². The summed E-state index contributed by atoms with van der Waals surface area (Å²) in [5.41, 5.74) is 3.06. The minimum absolute atomic E-state index is 0.150. The van der Waals surface area contributed by atoms with E-state index in [1.807, 2.05) is 19.1 Å². The van der Waals surface area contributed by atoms with E-state index in [2.05, 4.69) is 10.5 Å². The Bertz CT molecular complexity index is 744. The Morgan fingerprint density at radius 2 is 2.09 bits per heavy atom. The average Bonchev–Trinajstić information content (AvgIpc) is 2.56. The van der Waals surface area contributed by atoms with Crippen molar-refractivity contribution in [3.8, 4) is 5.75 Å². The number of nitrogens with zero attached hydrogens (tertiary/aromatic N) is 2. The quantitative estimate of drug-likeness (QED) is 0.504. The Hall–Kier alpha value is -3.22. The predicted octanol–water partition coefficient (Wildman–Crippen LogP) is 2.76. The van der Waals surface area contributed by atoms with Crippen LogP contribution in [-0.2, 0) is 0 Å². The van der Waals surface area contributed by atoms with Gasteiger partial charge in [-0.05, 0) is 25.1 Å². The second kappa shape index (κ2) is 7.69. The SMILES string of the molecule is CCOc1ccccc1/C=N\NC(=O)c1cccc([N+](=O)[O-])c1. The second-order valence-corrected chi connectivity index (χ2v) is 4.48. The van der Waals surface area contributed by atoms with Crippen molar-refractivity contribution in [1.82, 2.24) is 5.43 Å². The highest BCUT2D eigenvalue weighted by atomic mass is 16.6. The van der Waals surface area contributed by atoms with Crippen LogP contribution in [0, 0.1) is 10.1 Å². The molecule has 0 aromatic heterocycles. The van der Waals surface area contributed by atoms with Crippen LogP contribution in [0.3, 0.4) is 0 Å². The third-order valence-electron chi connectivity index (χ3n) is 2.91. The van der Waals surface area contributed by atoms with E-state index in [1.54, 1.807) is 12.1 Å². The summed E-state index contributed by atoms with van der Waals surface area (Å²) in [4.78, 5) is 22.1. The van der Waals surface area contributed by atoms with Gasteiger partial charge in [0.1, 0.15) is 5.75 Å². The molecule has 1 amide bonds.